The second kappa shape index (κ2) is 7.64. The molecule has 0 aliphatic carbocycles. The molecule has 0 spiro atoms. The molecule has 19 heavy (non-hydrogen) atoms. The van der Waals surface area contributed by atoms with Gasteiger partial charge in [0.15, 0.2) is 0 Å². The molecule has 2 saturated heterocycles. The summed E-state index contributed by atoms with van der Waals surface area (Å²) >= 11 is 0. The van der Waals surface area contributed by atoms with Crippen molar-refractivity contribution < 1.29 is 0 Å². The number of nitrogens with one attached hydrogen (secondary N) is 1. The molecule has 2 heterocycles. The normalized spacial score (nSPS) is 33.3. The maximum Gasteiger partial charge on any atom is 0.0116 e. The Morgan fingerprint density at radius 3 is 2.37 bits per heavy atom. The van der Waals surface area contributed by atoms with E-state index in [0.717, 1.165) is 30.7 Å². The minimum absolute atomic E-state index is 0.791. The van der Waals surface area contributed by atoms with E-state index in [1.165, 1.54) is 57.8 Å². The third kappa shape index (κ3) is 3.95. The Labute approximate surface area is 120 Å². The number of fused-ring (bicyclic) bond motifs is 2. The van der Waals surface area contributed by atoms with E-state index in [0.29, 0.717) is 0 Å². The molecular formula is C17H34N2. The molecule has 112 valence electrons. The molecule has 2 heteroatoms. The van der Waals surface area contributed by atoms with Gasteiger partial charge in [-0.3, -0.25) is 4.90 Å². The van der Waals surface area contributed by atoms with E-state index < -0.39 is 0 Å². The summed E-state index contributed by atoms with van der Waals surface area (Å²) in [5.74, 6) is 0. The molecule has 2 aliphatic heterocycles. The molecule has 0 aromatic heterocycles. The van der Waals surface area contributed by atoms with Gasteiger partial charge in [-0.2, -0.15) is 0 Å². The van der Waals surface area contributed by atoms with Crippen molar-refractivity contribution >= 4 is 0 Å². The summed E-state index contributed by atoms with van der Waals surface area (Å²) in [7, 11) is 0. The summed E-state index contributed by atoms with van der Waals surface area (Å²) in [6, 6.07) is 3.34. The Morgan fingerprint density at radius 1 is 1.11 bits per heavy atom. The number of hydrogen-bond donors (Lipinski definition) is 1. The number of rotatable bonds is 7. The summed E-state index contributed by atoms with van der Waals surface area (Å²) in [4.78, 5) is 2.91. The van der Waals surface area contributed by atoms with Gasteiger partial charge < -0.3 is 5.32 Å². The summed E-state index contributed by atoms with van der Waals surface area (Å²) < 4.78 is 0. The van der Waals surface area contributed by atoms with Gasteiger partial charge in [0.1, 0.15) is 0 Å². The number of hydrogen-bond acceptors (Lipinski definition) is 2. The van der Waals surface area contributed by atoms with Crippen LogP contribution in [0.5, 0.6) is 0 Å². The van der Waals surface area contributed by atoms with Crippen molar-refractivity contribution in [2.45, 2.75) is 103 Å². The Morgan fingerprint density at radius 2 is 1.79 bits per heavy atom. The molecular weight excluding hydrogens is 232 g/mol. The third-order valence-corrected chi connectivity index (χ3v) is 5.26. The van der Waals surface area contributed by atoms with Gasteiger partial charge in [0.05, 0.1) is 0 Å². The fourth-order valence-corrected chi connectivity index (χ4v) is 4.43. The molecule has 2 nitrogen and oxygen atoms in total. The monoisotopic (exact) mass is 266 g/mol. The van der Waals surface area contributed by atoms with Crippen LogP contribution in [0.3, 0.4) is 0 Å². The van der Waals surface area contributed by atoms with Crippen LogP contribution < -0.4 is 5.32 Å². The van der Waals surface area contributed by atoms with Crippen LogP contribution in [0.1, 0.15) is 78.6 Å². The van der Waals surface area contributed by atoms with E-state index in [9.17, 15) is 0 Å². The molecule has 0 aromatic rings. The van der Waals surface area contributed by atoms with Crippen LogP contribution in [0.2, 0.25) is 0 Å². The standard InChI is InChI=1S/C17H34N2/c1-4-6-7-9-14(3)19-16-10-8-11-17(19)13-15(12-16)18-5-2/h14-18H,4-13H2,1-3H3. The molecule has 3 atom stereocenters. The van der Waals surface area contributed by atoms with Crippen LogP contribution in [0.15, 0.2) is 0 Å². The maximum absolute atomic E-state index is 3.70. The first-order valence-electron chi connectivity index (χ1n) is 8.77. The fourth-order valence-electron chi connectivity index (χ4n) is 4.43. The molecule has 2 bridgehead atoms. The Bertz CT molecular complexity index is 240. The van der Waals surface area contributed by atoms with Crippen LogP contribution in [0.25, 0.3) is 0 Å². The average Bonchev–Trinajstić information content (AvgIpc) is 2.38. The van der Waals surface area contributed by atoms with Crippen molar-refractivity contribution in [2.24, 2.45) is 0 Å². The predicted molar refractivity (Wildman–Crippen MR) is 83.6 cm³/mol. The Balaban J connectivity index is 1.89. The lowest BCUT2D eigenvalue weighted by molar-refractivity contribution is -0.00811. The zero-order valence-electron chi connectivity index (χ0n) is 13.3. The van der Waals surface area contributed by atoms with Crippen LogP contribution in [-0.4, -0.2) is 35.6 Å². The minimum atomic E-state index is 0.791. The van der Waals surface area contributed by atoms with E-state index in [-0.39, 0.29) is 0 Å². The predicted octanol–water partition coefficient (Wildman–Crippen LogP) is 3.95. The van der Waals surface area contributed by atoms with Gasteiger partial charge in [-0.25, -0.2) is 0 Å². The molecule has 0 amide bonds. The highest BCUT2D eigenvalue weighted by Crippen LogP contribution is 2.36. The fraction of sp³-hybridized carbons (Fsp3) is 1.00. The van der Waals surface area contributed by atoms with Crippen molar-refractivity contribution in [3.8, 4) is 0 Å². The van der Waals surface area contributed by atoms with Crippen LogP contribution in [0, 0.1) is 0 Å². The lowest BCUT2D eigenvalue weighted by Crippen LogP contribution is -2.58. The molecule has 3 unspecified atom stereocenters. The van der Waals surface area contributed by atoms with E-state index in [1.807, 2.05) is 0 Å². The van der Waals surface area contributed by atoms with Crippen molar-refractivity contribution in [1.82, 2.24) is 10.2 Å². The Kier molecular flexibility index (Phi) is 6.15. The molecule has 2 fully saturated rings. The van der Waals surface area contributed by atoms with Gasteiger partial charge in [-0.1, -0.05) is 39.5 Å². The van der Waals surface area contributed by atoms with Crippen molar-refractivity contribution in [3.05, 3.63) is 0 Å². The van der Waals surface area contributed by atoms with Gasteiger partial charge >= 0.3 is 0 Å². The summed E-state index contributed by atoms with van der Waals surface area (Å²) in [6.45, 7) is 8.17. The highest BCUT2D eigenvalue weighted by atomic mass is 15.2. The second-order valence-corrected chi connectivity index (χ2v) is 6.76. The van der Waals surface area contributed by atoms with E-state index in [2.05, 4.69) is 31.0 Å². The van der Waals surface area contributed by atoms with Crippen LogP contribution in [0.4, 0.5) is 0 Å². The van der Waals surface area contributed by atoms with Gasteiger partial charge in [-0.05, 0) is 45.6 Å². The van der Waals surface area contributed by atoms with E-state index in [1.54, 1.807) is 0 Å². The quantitative estimate of drug-likeness (QED) is 0.702. The number of nitrogens with zero attached hydrogens (tertiary/aromatic N) is 1. The van der Waals surface area contributed by atoms with Gasteiger partial charge in [-0.15, -0.1) is 0 Å². The van der Waals surface area contributed by atoms with Gasteiger partial charge in [0.25, 0.3) is 0 Å². The topological polar surface area (TPSA) is 15.3 Å². The van der Waals surface area contributed by atoms with E-state index in [4.69, 9.17) is 0 Å². The van der Waals surface area contributed by atoms with Gasteiger partial charge in [0.2, 0.25) is 0 Å². The zero-order valence-corrected chi connectivity index (χ0v) is 13.3. The van der Waals surface area contributed by atoms with Crippen LogP contribution in [-0.2, 0) is 0 Å². The summed E-state index contributed by atoms with van der Waals surface area (Å²) in [5, 5.41) is 3.70. The molecule has 1 N–H and O–H groups in total. The second-order valence-electron chi connectivity index (χ2n) is 6.76. The van der Waals surface area contributed by atoms with Gasteiger partial charge in [0, 0.05) is 24.2 Å². The summed E-state index contributed by atoms with van der Waals surface area (Å²) in [5.41, 5.74) is 0. The van der Waals surface area contributed by atoms with Crippen molar-refractivity contribution in [2.75, 3.05) is 6.54 Å². The molecule has 2 rings (SSSR count). The average molecular weight is 266 g/mol. The first-order valence-corrected chi connectivity index (χ1v) is 8.77. The van der Waals surface area contributed by atoms with Crippen molar-refractivity contribution in [3.63, 3.8) is 0 Å². The summed E-state index contributed by atoms with van der Waals surface area (Å²) in [6.07, 6.45) is 12.7. The first-order chi connectivity index (χ1) is 9.26. The number of piperidine rings is 2. The number of unbranched alkanes of at least 4 members (excludes halogenated alkanes) is 2. The highest BCUT2D eigenvalue weighted by molar-refractivity contribution is 4.96. The lowest BCUT2D eigenvalue weighted by Gasteiger charge is -2.52. The largest absolute Gasteiger partial charge is 0.314 e. The minimum Gasteiger partial charge on any atom is -0.314 e. The molecule has 0 radical (unpaired) electrons. The van der Waals surface area contributed by atoms with Crippen molar-refractivity contribution in [1.29, 1.82) is 0 Å². The molecule has 2 aliphatic rings. The smallest absolute Gasteiger partial charge is 0.0116 e. The molecule has 0 aromatic carbocycles. The lowest BCUT2D eigenvalue weighted by atomic mass is 9.80. The maximum atomic E-state index is 3.70. The Hall–Kier alpha value is -0.0800. The zero-order chi connectivity index (χ0) is 13.7. The first kappa shape index (κ1) is 15.3. The SMILES string of the molecule is CCCCCC(C)N1C2CCCC1CC(NCC)C2. The van der Waals surface area contributed by atoms with E-state index >= 15 is 0 Å². The highest BCUT2D eigenvalue weighted by Gasteiger charge is 2.39. The molecule has 0 saturated carbocycles. The third-order valence-electron chi connectivity index (χ3n) is 5.26. The van der Waals surface area contributed by atoms with Crippen LogP contribution >= 0.6 is 0 Å².